The molecule has 0 spiro atoms. The zero-order chi connectivity index (χ0) is 21.8. The molecular formula is C24H22FN5O. The number of amides is 1. The molecule has 0 aliphatic carbocycles. The van der Waals surface area contributed by atoms with Crippen LogP contribution in [0.15, 0.2) is 66.9 Å². The molecular weight excluding hydrogens is 393 g/mol. The number of hydrogen-bond donors (Lipinski definition) is 1. The number of carbonyl (C=O) groups is 1. The van der Waals surface area contributed by atoms with Crippen molar-refractivity contribution in [2.24, 2.45) is 0 Å². The molecule has 6 nitrogen and oxygen atoms in total. The third kappa shape index (κ3) is 4.21. The average Bonchev–Trinajstić information content (AvgIpc) is 3.25. The van der Waals surface area contributed by atoms with Crippen molar-refractivity contribution < 1.29 is 9.18 Å². The second-order valence-corrected chi connectivity index (χ2v) is 7.15. The Hall–Kier alpha value is -3.87. The van der Waals surface area contributed by atoms with Crippen molar-refractivity contribution in [1.82, 2.24) is 25.3 Å². The highest BCUT2D eigenvalue weighted by molar-refractivity contribution is 5.97. The fraction of sp³-hybridized carbons (Fsp3) is 0.167. The van der Waals surface area contributed by atoms with Gasteiger partial charge in [0.2, 0.25) is 0 Å². The van der Waals surface area contributed by atoms with Gasteiger partial charge in [-0.05, 0) is 48.7 Å². The second kappa shape index (κ2) is 8.87. The molecule has 2 heterocycles. The van der Waals surface area contributed by atoms with Crippen molar-refractivity contribution in [3.05, 3.63) is 95.1 Å². The summed E-state index contributed by atoms with van der Waals surface area (Å²) in [6.07, 6.45) is 2.59. The molecule has 0 aliphatic rings. The van der Waals surface area contributed by atoms with E-state index in [0.29, 0.717) is 29.2 Å². The van der Waals surface area contributed by atoms with E-state index in [1.165, 1.54) is 16.3 Å². The molecule has 0 fully saturated rings. The van der Waals surface area contributed by atoms with Crippen molar-refractivity contribution in [2.75, 3.05) is 0 Å². The van der Waals surface area contributed by atoms with Crippen molar-refractivity contribution >= 4 is 5.91 Å². The normalized spacial score (nSPS) is 10.8. The van der Waals surface area contributed by atoms with E-state index in [0.717, 1.165) is 12.0 Å². The third-order valence-electron chi connectivity index (χ3n) is 5.14. The highest BCUT2D eigenvalue weighted by Crippen LogP contribution is 2.26. The topological polar surface area (TPSA) is 72.7 Å². The molecule has 4 aromatic rings. The molecule has 1 N–H and O–H groups in total. The van der Waals surface area contributed by atoms with Gasteiger partial charge < -0.3 is 5.32 Å². The van der Waals surface area contributed by atoms with E-state index in [1.54, 1.807) is 37.4 Å². The molecule has 4 rings (SSSR count). The monoisotopic (exact) mass is 415 g/mol. The van der Waals surface area contributed by atoms with Crippen LogP contribution in [0.25, 0.3) is 17.1 Å². The van der Waals surface area contributed by atoms with E-state index in [4.69, 9.17) is 0 Å². The number of aryl methyl sites for hydroxylation is 1. The molecule has 0 saturated carbocycles. The minimum atomic E-state index is -0.375. The van der Waals surface area contributed by atoms with Crippen LogP contribution in [0.1, 0.15) is 34.1 Å². The fourth-order valence-corrected chi connectivity index (χ4v) is 3.32. The lowest BCUT2D eigenvalue weighted by Crippen LogP contribution is -2.24. The summed E-state index contributed by atoms with van der Waals surface area (Å²) in [5.74, 6) is -0.734. The summed E-state index contributed by atoms with van der Waals surface area (Å²) >= 11 is 0. The van der Waals surface area contributed by atoms with Crippen LogP contribution in [-0.2, 0) is 13.0 Å². The van der Waals surface area contributed by atoms with Gasteiger partial charge >= 0.3 is 0 Å². The first kappa shape index (κ1) is 20.4. The zero-order valence-electron chi connectivity index (χ0n) is 17.3. The van der Waals surface area contributed by atoms with Crippen molar-refractivity contribution in [1.29, 1.82) is 0 Å². The molecule has 0 bridgehead atoms. The van der Waals surface area contributed by atoms with Crippen LogP contribution in [0, 0.1) is 12.7 Å². The largest absolute Gasteiger partial charge is 0.346 e. The fourth-order valence-electron chi connectivity index (χ4n) is 3.32. The SMILES string of the molecule is CCc1ccc(CNC(=O)c2nnn(-c3cccc(F)c3C)c2-c2ccccn2)cc1. The van der Waals surface area contributed by atoms with Crippen LogP contribution in [0.2, 0.25) is 0 Å². The lowest BCUT2D eigenvalue weighted by Gasteiger charge is -2.11. The van der Waals surface area contributed by atoms with Gasteiger partial charge in [-0.1, -0.05) is 48.5 Å². The van der Waals surface area contributed by atoms with Crippen LogP contribution in [0.3, 0.4) is 0 Å². The highest BCUT2D eigenvalue weighted by atomic mass is 19.1. The number of aromatic nitrogens is 4. The zero-order valence-corrected chi connectivity index (χ0v) is 17.3. The summed E-state index contributed by atoms with van der Waals surface area (Å²) in [6.45, 7) is 4.12. The third-order valence-corrected chi connectivity index (χ3v) is 5.14. The molecule has 0 aliphatic heterocycles. The molecule has 2 aromatic carbocycles. The number of halogens is 1. The molecule has 31 heavy (non-hydrogen) atoms. The Morgan fingerprint density at radius 3 is 2.52 bits per heavy atom. The van der Waals surface area contributed by atoms with Crippen molar-refractivity contribution in [3.63, 3.8) is 0 Å². The molecule has 0 radical (unpaired) electrons. The Labute approximate surface area is 179 Å². The number of hydrogen-bond acceptors (Lipinski definition) is 4. The summed E-state index contributed by atoms with van der Waals surface area (Å²) in [5.41, 5.74) is 4.20. The maximum Gasteiger partial charge on any atom is 0.274 e. The van der Waals surface area contributed by atoms with Crippen LogP contribution < -0.4 is 5.32 Å². The molecule has 0 saturated heterocycles. The van der Waals surface area contributed by atoms with Gasteiger partial charge in [0.25, 0.3) is 5.91 Å². The summed E-state index contributed by atoms with van der Waals surface area (Å²) in [6, 6.07) is 18.2. The van der Waals surface area contributed by atoms with Gasteiger partial charge in [-0.15, -0.1) is 5.10 Å². The van der Waals surface area contributed by atoms with Crippen LogP contribution >= 0.6 is 0 Å². The van der Waals surface area contributed by atoms with Gasteiger partial charge in [0, 0.05) is 18.3 Å². The molecule has 1 amide bonds. The van der Waals surface area contributed by atoms with E-state index in [9.17, 15) is 9.18 Å². The maximum absolute atomic E-state index is 14.2. The quantitative estimate of drug-likeness (QED) is 0.510. The van der Waals surface area contributed by atoms with Crippen LogP contribution in [0.5, 0.6) is 0 Å². The Kier molecular flexibility index (Phi) is 5.84. The number of benzene rings is 2. The first-order chi connectivity index (χ1) is 15.1. The van der Waals surface area contributed by atoms with Crippen LogP contribution in [0.4, 0.5) is 4.39 Å². The van der Waals surface area contributed by atoms with Gasteiger partial charge in [-0.2, -0.15) is 0 Å². The van der Waals surface area contributed by atoms with Gasteiger partial charge in [-0.3, -0.25) is 9.78 Å². The number of pyridine rings is 1. The van der Waals surface area contributed by atoms with Gasteiger partial charge in [0.1, 0.15) is 11.5 Å². The van der Waals surface area contributed by atoms with E-state index >= 15 is 0 Å². The van der Waals surface area contributed by atoms with Crippen molar-refractivity contribution in [2.45, 2.75) is 26.8 Å². The summed E-state index contributed by atoms with van der Waals surface area (Å²) in [4.78, 5) is 17.4. The van der Waals surface area contributed by atoms with Gasteiger partial charge in [0.05, 0.1) is 11.4 Å². The predicted molar refractivity (Wildman–Crippen MR) is 116 cm³/mol. The van der Waals surface area contributed by atoms with E-state index in [2.05, 4.69) is 27.5 Å². The first-order valence-electron chi connectivity index (χ1n) is 10.1. The maximum atomic E-state index is 14.2. The first-order valence-corrected chi connectivity index (χ1v) is 10.1. The van der Waals surface area contributed by atoms with E-state index in [1.807, 2.05) is 30.3 Å². The number of carbonyl (C=O) groups excluding carboxylic acids is 1. The highest BCUT2D eigenvalue weighted by Gasteiger charge is 2.24. The summed E-state index contributed by atoms with van der Waals surface area (Å²) in [5, 5.41) is 11.2. The van der Waals surface area contributed by atoms with Gasteiger partial charge in [0.15, 0.2) is 5.69 Å². The molecule has 0 atom stereocenters. The number of nitrogens with one attached hydrogen (secondary N) is 1. The molecule has 156 valence electrons. The van der Waals surface area contributed by atoms with Crippen LogP contribution in [-0.4, -0.2) is 25.9 Å². The molecule has 7 heteroatoms. The lowest BCUT2D eigenvalue weighted by atomic mass is 10.1. The van der Waals surface area contributed by atoms with Gasteiger partial charge in [-0.25, -0.2) is 9.07 Å². The Bertz CT molecular complexity index is 1200. The van der Waals surface area contributed by atoms with E-state index < -0.39 is 0 Å². The number of nitrogens with zero attached hydrogens (tertiary/aromatic N) is 4. The average molecular weight is 415 g/mol. The summed E-state index contributed by atoms with van der Waals surface area (Å²) in [7, 11) is 0. The molecule has 0 unspecified atom stereocenters. The standard InChI is InChI=1S/C24H22FN5O/c1-3-17-10-12-18(13-11-17)15-27-24(31)22-23(20-8-4-5-14-26-20)30(29-28-22)21-9-6-7-19(25)16(21)2/h4-14H,3,15H2,1-2H3,(H,27,31). The lowest BCUT2D eigenvalue weighted by molar-refractivity contribution is 0.0946. The summed E-state index contributed by atoms with van der Waals surface area (Å²) < 4.78 is 15.6. The number of rotatable bonds is 6. The minimum absolute atomic E-state index is 0.132. The smallest absolute Gasteiger partial charge is 0.274 e. The molecule has 2 aromatic heterocycles. The minimum Gasteiger partial charge on any atom is -0.346 e. The predicted octanol–water partition coefficient (Wildman–Crippen LogP) is 4.27. The Morgan fingerprint density at radius 2 is 1.81 bits per heavy atom. The second-order valence-electron chi connectivity index (χ2n) is 7.15. The van der Waals surface area contributed by atoms with Crippen molar-refractivity contribution in [3.8, 4) is 17.1 Å². The Balaban J connectivity index is 1.69. The van der Waals surface area contributed by atoms with E-state index in [-0.39, 0.29) is 17.4 Å². The Morgan fingerprint density at radius 1 is 1.03 bits per heavy atom.